The molecule has 0 saturated carbocycles. The number of ether oxygens (including phenoxy) is 2. The largest absolute Gasteiger partial charge is 0.494 e. The minimum absolute atomic E-state index is 0.151. The van der Waals surface area contributed by atoms with E-state index in [9.17, 15) is 4.79 Å². The number of nitrogens with zero attached hydrogens (tertiary/aromatic N) is 1. The summed E-state index contributed by atoms with van der Waals surface area (Å²) >= 11 is 0. The van der Waals surface area contributed by atoms with Crippen molar-refractivity contribution in [2.24, 2.45) is 0 Å². The van der Waals surface area contributed by atoms with Crippen molar-refractivity contribution >= 4 is 23.4 Å². The summed E-state index contributed by atoms with van der Waals surface area (Å²) in [6.07, 6.45) is 5.51. The highest BCUT2D eigenvalue weighted by atomic mass is 16.5. The Hall–Kier alpha value is -2.79. The standard InChI is InChI=1S/C23H28N2O3/c1-2-3-16-28-22-11-4-19(5-12-22)6-13-23(26)24-20-7-9-21(10-8-20)25-14-17-27-18-15-25/h4-13H,2-3,14-18H2,1H3,(H,24,26). The van der Waals surface area contributed by atoms with E-state index in [0.717, 1.165) is 68.4 Å². The van der Waals surface area contributed by atoms with Crippen LogP contribution in [0.15, 0.2) is 54.6 Å². The molecule has 0 aromatic heterocycles. The summed E-state index contributed by atoms with van der Waals surface area (Å²) < 4.78 is 11.0. The number of hydrogen-bond acceptors (Lipinski definition) is 4. The van der Waals surface area contributed by atoms with Crippen LogP contribution in [0.25, 0.3) is 6.08 Å². The molecule has 5 nitrogen and oxygen atoms in total. The summed E-state index contributed by atoms with van der Waals surface area (Å²) in [4.78, 5) is 14.4. The fraction of sp³-hybridized carbons (Fsp3) is 0.348. The number of anilines is 2. The Morgan fingerprint density at radius 1 is 1.11 bits per heavy atom. The second-order valence-electron chi connectivity index (χ2n) is 6.74. The number of rotatable bonds is 8. The number of unbranched alkanes of at least 4 members (excludes halogenated alkanes) is 1. The van der Waals surface area contributed by atoms with Gasteiger partial charge in [0.1, 0.15) is 5.75 Å². The average molecular weight is 380 g/mol. The lowest BCUT2D eigenvalue weighted by atomic mass is 10.2. The Kier molecular flexibility index (Phi) is 7.50. The lowest BCUT2D eigenvalue weighted by Crippen LogP contribution is -2.36. The maximum Gasteiger partial charge on any atom is 0.248 e. The molecule has 0 radical (unpaired) electrons. The van der Waals surface area contributed by atoms with Crippen LogP contribution in [0.2, 0.25) is 0 Å². The maximum atomic E-state index is 12.2. The lowest BCUT2D eigenvalue weighted by molar-refractivity contribution is -0.111. The quantitative estimate of drug-likeness (QED) is 0.546. The van der Waals surface area contributed by atoms with E-state index < -0.39 is 0 Å². The molecule has 1 aliphatic heterocycles. The zero-order chi connectivity index (χ0) is 19.6. The van der Waals surface area contributed by atoms with Gasteiger partial charge in [0.15, 0.2) is 0 Å². The molecule has 1 heterocycles. The number of morpholine rings is 1. The summed E-state index contributed by atoms with van der Waals surface area (Å²) in [5, 5.41) is 2.89. The summed E-state index contributed by atoms with van der Waals surface area (Å²) in [6.45, 7) is 6.19. The van der Waals surface area contributed by atoms with Crippen LogP contribution in [0.3, 0.4) is 0 Å². The van der Waals surface area contributed by atoms with Gasteiger partial charge in [0.25, 0.3) is 0 Å². The Morgan fingerprint density at radius 3 is 2.50 bits per heavy atom. The van der Waals surface area contributed by atoms with Gasteiger partial charge < -0.3 is 19.7 Å². The van der Waals surface area contributed by atoms with Crippen molar-refractivity contribution in [3.8, 4) is 5.75 Å². The van der Waals surface area contributed by atoms with E-state index in [0.29, 0.717) is 0 Å². The number of nitrogens with one attached hydrogen (secondary N) is 1. The summed E-state index contributed by atoms with van der Waals surface area (Å²) in [5.74, 6) is 0.706. The summed E-state index contributed by atoms with van der Waals surface area (Å²) in [7, 11) is 0. The van der Waals surface area contributed by atoms with E-state index in [1.165, 1.54) is 0 Å². The minimum Gasteiger partial charge on any atom is -0.494 e. The second kappa shape index (κ2) is 10.5. The van der Waals surface area contributed by atoms with Crippen LogP contribution in [-0.2, 0) is 9.53 Å². The van der Waals surface area contributed by atoms with E-state index in [-0.39, 0.29) is 5.91 Å². The topological polar surface area (TPSA) is 50.8 Å². The van der Waals surface area contributed by atoms with Crippen molar-refractivity contribution in [1.82, 2.24) is 0 Å². The first-order valence-electron chi connectivity index (χ1n) is 9.89. The lowest BCUT2D eigenvalue weighted by Gasteiger charge is -2.28. The zero-order valence-electron chi connectivity index (χ0n) is 16.4. The number of benzene rings is 2. The molecule has 0 atom stereocenters. The molecule has 2 aromatic rings. The number of hydrogen-bond donors (Lipinski definition) is 1. The molecule has 0 spiro atoms. The zero-order valence-corrected chi connectivity index (χ0v) is 16.4. The Balaban J connectivity index is 1.49. The molecule has 0 aliphatic carbocycles. The van der Waals surface area contributed by atoms with E-state index in [1.54, 1.807) is 12.2 Å². The number of amides is 1. The van der Waals surface area contributed by atoms with Gasteiger partial charge in [-0.2, -0.15) is 0 Å². The van der Waals surface area contributed by atoms with Gasteiger partial charge >= 0.3 is 0 Å². The Morgan fingerprint density at radius 2 is 1.82 bits per heavy atom. The predicted molar refractivity (Wildman–Crippen MR) is 114 cm³/mol. The second-order valence-corrected chi connectivity index (χ2v) is 6.74. The van der Waals surface area contributed by atoms with E-state index >= 15 is 0 Å². The first-order chi connectivity index (χ1) is 13.7. The molecule has 1 N–H and O–H groups in total. The fourth-order valence-corrected chi connectivity index (χ4v) is 2.94. The first kappa shape index (κ1) is 20.0. The van der Waals surface area contributed by atoms with Crippen LogP contribution >= 0.6 is 0 Å². The molecule has 0 unspecified atom stereocenters. The van der Waals surface area contributed by atoms with Gasteiger partial charge in [0, 0.05) is 30.5 Å². The predicted octanol–water partition coefficient (Wildman–Crippen LogP) is 4.35. The summed E-state index contributed by atoms with van der Waals surface area (Å²) in [5.41, 5.74) is 2.89. The van der Waals surface area contributed by atoms with Crippen LogP contribution in [0, 0.1) is 0 Å². The monoisotopic (exact) mass is 380 g/mol. The van der Waals surface area contributed by atoms with Gasteiger partial charge in [-0.1, -0.05) is 25.5 Å². The van der Waals surface area contributed by atoms with Crippen LogP contribution in [0.1, 0.15) is 25.3 Å². The van der Waals surface area contributed by atoms with Gasteiger partial charge in [0.05, 0.1) is 19.8 Å². The SMILES string of the molecule is CCCCOc1ccc(C=CC(=O)Nc2ccc(N3CCOCC3)cc2)cc1. The molecule has 0 bridgehead atoms. The molecule has 3 rings (SSSR count). The van der Waals surface area contributed by atoms with Crippen LogP contribution in [-0.4, -0.2) is 38.8 Å². The molecule has 1 amide bonds. The van der Waals surface area contributed by atoms with E-state index in [4.69, 9.17) is 9.47 Å². The number of carbonyl (C=O) groups is 1. The van der Waals surface area contributed by atoms with Gasteiger partial charge in [-0.15, -0.1) is 0 Å². The maximum absolute atomic E-state index is 12.2. The first-order valence-corrected chi connectivity index (χ1v) is 9.89. The average Bonchev–Trinajstić information content (AvgIpc) is 2.74. The molecule has 5 heteroatoms. The highest BCUT2D eigenvalue weighted by Crippen LogP contribution is 2.19. The van der Waals surface area contributed by atoms with Gasteiger partial charge in [-0.05, 0) is 54.5 Å². The molecule has 1 fully saturated rings. The third kappa shape index (κ3) is 6.13. The molecular weight excluding hydrogens is 352 g/mol. The van der Waals surface area contributed by atoms with Crippen molar-refractivity contribution in [3.63, 3.8) is 0 Å². The molecule has 1 aliphatic rings. The van der Waals surface area contributed by atoms with Crippen LogP contribution in [0.5, 0.6) is 5.75 Å². The third-order valence-corrected chi connectivity index (χ3v) is 4.58. The minimum atomic E-state index is -0.151. The van der Waals surface area contributed by atoms with Crippen molar-refractivity contribution in [1.29, 1.82) is 0 Å². The van der Waals surface area contributed by atoms with Gasteiger partial charge in [0.2, 0.25) is 5.91 Å². The van der Waals surface area contributed by atoms with Gasteiger partial charge in [-0.3, -0.25) is 4.79 Å². The van der Waals surface area contributed by atoms with Crippen molar-refractivity contribution in [2.75, 3.05) is 43.1 Å². The van der Waals surface area contributed by atoms with Crippen molar-refractivity contribution < 1.29 is 14.3 Å². The fourth-order valence-electron chi connectivity index (χ4n) is 2.94. The summed E-state index contributed by atoms with van der Waals surface area (Å²) in [6, 6.07) is 15.7. The number of carbonyl (C=O) groups excluding carboxylic acids is 1. The molecule has 2 aromatic carbocycles. The molecular formula is C23H28N2O3. The van der Waals surface area contributed by atoms with Crippen LogP contribution in [0.4, 0.5) is 11.4 Å². The normalized spacial score (nSPS) is 14.2. The Bertz CT molecular complexity index is 763. The highest BCUT2D eigenvalue weighted by molar-refractivity contribution is 6.02. The van der Waals surface area contributed by atoms with E-state index in [1.807, 2.05) is 48.5 Å². The van der Waals surface area contributed by atoms with Gasteiger partial charge in [-0.25, -0.2) is 0 Å². The Labute approximate surface area is 167 Å². The highest BCUT2D eigenvalue weighted by Gasteiger charge is 2.10. The van der Waals surface area contributed by atoms with E-state index in [2.05, 4.69) is 17.1 Å². The smallest absolute Gasteiger partial charge is 0.248 e. The molecule has 148 valence electrons. The van der Waals surface area contributed by atoms with Crippen molar-refractivity contribution in [2.45, 2.75) is 19.8 Å². The van der Waals surface area contributed by atoms with Crippen molar-refractivity contribution in [3.05, 3.63) is 60.2 Å². The third-order valence-electron chi connectivity index (χ3n) is 4.58. The van der Waals surface area contributed by atoms with Crippen LogP contribution < -0.4 is 15.0 Å². The molecule has 28 heavy (non-hydrogen) atoms. The molecule has 1 saturated heterocycles.